The maximum atomic E-state index is 12.1. The SMILES string of the molecule is CC1CC(NC(=O)Cc2ccccc2C(=O)O)CCN1C. The van der Waals surface area contributed by atoms with E-state index in [1.54, 1.807) is 18.2 Å². The van der Waals surface area contributed by atoms with Crippen molar-refractivity contribution in [1.29, 1.82) is 0 Å². The molecule has 5 heteroatoms. The van der Waals surface area contributed by atoms with Crippen LogP contribution in [0.3, 0.4) is 0 Å². The van der Waals surface area contributed by atoms with Gasteiger partial charge in [0.1, 0.15) is 0 Å². The number of nitrogens with zero attached hydrogens (tertiary/aromatic N) is 1. The quantitative estimate of drug-likeness (QED) is 0.882. The smallest absolute Gasteiger partial charge is 0.335 e. The monoisotopic (exact) mass is 290 g/mol. The van der Waals surface area contributed by atoms with E-state index in [1.165, 1.54) is 6.07 Å². The van der Waals surface area contributed by atoms with Crippen molar-refractivity contribution in [2.24, 2.45) is 0 Å². The summed E-state index contributed by atoms with van der Waals surface area (Å²) in [6.45, 7) is 3.12. The maximum absolute atomic E-state index is 12.1. The third kappa shape index (κ3) is 4.04. The third-order valence-electron chi connectivity index (χ3n) is 4.17. The van der Waals surface area contributed by atoms with Crippen molar-refractivity contribution < 1.29 is 14.7 Å². The van der Waals surface area contributed by atoms with Crippen molar-refractivity contribution in [1.82, 2.24) is 10.2 Å². The minimum Gasteiger partial charge on any atom is -0.478 e. The van der Waals surface area contributed by atoms with Gasteiger partial charge in [-0.25, -0.2) is 4.79 Å². The van der Waals surface area contributed by atoms with Crippen molar-refractivity contribution in [2.75, 3.05) is 13.6 Å². The summed E-state index contributed by atoms with van der Waals surface area (Å²) in [5.41, 5.74) is 0.757. The van der Waals surface area contributed by atoms with Crippen LogP contribution in [0.25, 0.3) is 0 Å². The molecule has 2 atom stereocenters. The normalized spacial score (nSPS) is 22.8. The van der Waals surface area contributed by atoms with Gasteiger partial charge in [-0.2, -0.15) is 0 Å². The van der Waals surface area contributed by atoms with Gasteiger partial charge < -0.3 is 15.3 Å². The van der Waals surface area contributed by atoms with Gasteiger partial charge in [-0.1, -0.05) is 18.2 Å². The lowest BCUT2D eigenvalue weighted by atomic mass is 9.98. The minimum absolute atomic E-state index is 0.106. The number of likely N-dealkylation sites (tertiary alicyclic amines) is 1. The van der Waals surface area contributed by atoms with E-state index >= 15 is 0 Å². The van der Waals surface area contributed by atoms with E-state index in [-0.39, 0.29) is 23.9 Å². The summed E-state index contributed by atoms with van der Waals surface area (Å²) in [4.78, 5) is 25.5. The number of hydrogen-bond donors (Lipinski definition) is 2. The van der Waals surface area contributed by atoms with Gasteiger partial charge in [0.05, 0.1) is 12.0 Å². The molecular formula is C16H22N2O3. The molecule has 114 valence electrons. The molecule has 1 heterocycles. The minimum atomic E-state index is -0.994. The summed E-state index contributed by atoms with van der Waals surface area (Å²) >= 11 is 0. The zero-order valence-corrected chi connectivity index (χ0v) is 12.5. The van der Waals surface area contributed by atoms with E-state index in [0.29, 0.717) is 11.6 Å². The average molecular weight is 290 g/mol. The molecule has 1 aromatic rings. The Balaban J connectivity index is 1.95. The van der Waals surface area contributed by atoms with Gasteiger partial charge in [0, 0.05) is 18.6 Å². The van der Waals surface area contributed by atoms with Crippen LogP contribution < -0.4 is 5.32 Å². The van der Waals surface area contributed by atoms with Crippen LogP contribution in [0.1, 0.15) is 35.7 Å². The highest BCUT2D eigenvalue weighted by atomic mass is 16.4. The number of carbonyl (C=O) groups is 2. The fourth-order valence-electron chi connectivity index (χ4n) is 2.76. The van der Waals surface area contributed by atoms with Crippen molar-refractivity contribution in [3.8, 4) is 0 Å². The van der Waals surface area contributed by atoms with Crippen LogP contribution in [-0.4, -0.2) is 47.6 Å². The number of carboxylic acid groups (broad SMARTS) is 1. The lowest BCUT2D eigenvalue weighted by Gasteiger charge is -2.35. The van der Waals surface area contributed by atoms with Crippen LogP contribution in [0.2, 0.25) is 0 Å². The van der Waals surface area contributed by atoms with Gasteiger partial charge >= 0.3 is 5.97 Å². The second-order valence-electron chi connectivity index (χ2n) is 5.76. The van der Waals surface area contributed by atoms with Crippen LogP contribution in [0, 0.1) is 0 Å². The first-order chi connectivity index (χ1) is 9.97. The summed E-state index contributed by atoms with van der Waals surface area (Å²) in [7, 11) is 2.09. The fraction of sp³-hybridized carbons (Fsp3) is 0.500. The molecular weight excluding hydrogens is 268 g/mol. The van der Waals surface area contributed by atoms with Gasteiger partial charge in [0.25, 0.3) is 0 Å². The number of carbonyl (C=O) groups excluding carboxylic acids is 1. The highest BCUT2D eigenvalue weighted by Crippen LogP contribution is 2.16. The predicted octanol–water partition coefficient (Wildman–Crippen LogP) is 1.53. The highest BCUT2D eigenvalue weighted by Gasteiger charge is 2.24. The first-order valence-corrected chi connectivity index (χ1v) is 7.28. The van der Waals surface area contributed by atoms with Crippen LogP contribution in [0.5, 0.6) is 0 Å². The Morgan fingerprint density at radius 3 is 2.76 bits per heavy atom. The molecule has 2 N–H and O–H groups in total. The number of benzene rings is 1. The molecule has 5 nitrogen and oxygen atoms in total. The average Bonchev–Trinajstić information content (AvgIpc) is 2.43. The second kappa shape index (κ2) is 6.72. The molecule has 0 saturated carbocycles. The Bertz CT molecular complexity index is 530. The zero-order chi connectivity index (χ0) is 15.4. The van der Waals surface area contributed by atoms with E-state index in [4.69, 9.17) is 5.11 Å². The Morgan fingerprint density at radius 1 is 1.38 bits per heavy atom. The molecule has 0 aromatic heterocycles. The number of rotatable bonds is 4. The Hall–Kier alpha value is -1.88. The zero-order valence-electron chi connectivity index (χ0n) is 12.5. The van der Waals surface area contributed by atoms with Gasteiger partial charge in [-0.05, 0) is 38.4 Å². The summed E-state index contributed by atoms with van der Waals surface area (Å²) < 4.78 is 0. The van der Waals surface area contributed by atoms with Crippen molar-refractivity contribution in [3.63, 3.8) is 0 Å². The standard InChI is InChI=1S/C16H22N2O3/c1-11-9-13(7-8-18(11)2)17-15(19)10-12-5-3-4-6-14(12)16(20)21/h3-6,11,13H,7-10H2,1-2H3,(H,17,19)(H,20,21). The molecule has 1 aliphatic rings. The molecule has 1 amide bonds. The molecule has 0 spiro atoms. The first-order valence-electron chi connectivity index (χ1n) is 7.28. The predicted molar refractivity (Wildman–Crippen MR) is 80.4 cm³/mol. The molecule has 1 aromatic carbocycles. The maximum Gasteiger partial charge on any atom is 0.335 e. The second-order valence-corrected chi connectivity index (χ2v) is 5.76. The number of carboxylic acids is 1. The summed E-state index contributed by atoms with van der Waals surface area (Å²) in [6.07, 6.45) is 1.99. The lowest BCUT2D eigenvalue weighted by Crippen LogP contribution is -2.47. The van der Waals surface area contributed by atoms with Crippen molar-refractivity contribution in [3.05, 3.63) is 35.4 Å². The van der Waals surface area contributed by atoms with Crippen molar-refractivity contribution in [2.45, 2.75) is 38.3 Å². The van der Waals surface area contributed by atoms with E-state index < -0.39 is 5.97 Å². The van der Waals surface area contributed by atoms with Crippen LogP contribution >= 0.6 is 0 Å². The molecule has 1 aliphatic heterocycles. The fourth-order valence-corrected chi connectivity index (χ4v) is 2.76. The number of piperidine rings is 1. The lowest BCUT2D eigenvalue weighted by molar-refractivity contribution is -0.121. The number of aromatic carboxylic acids is 1. The van der Waals surface area contributed by atoms with Gasteiger partial charge in [-0.3, -0.25) is 4.79 Å². The number of amides is 1. The van der Waals surface area contributed by atoms with E-state index in [1.807, 2.05) is 0 Å². The summed E-state index contributed by atoms with van der Waals surface area (Å²) in [5, 5.41) is 12.2. The first kappa shape index (κ1) is 15.5. The van der Waals surface area contributed by atoms with E-state index in [0.717, 1.165) is 19.4 Å². The molecule has 0 aliphatic carbocycles. The molecule has 2 rings (SSSR count). The molecule has 0 radical (unpaired) electrons. The number of hydrogen-bond acceptors (Lipinski definition) is 3. The van der Waals surface area contributed by atoms with Gasteiger partial charge in [0.2, 0.25) is 5.91 Å². The Morgan fingerprint density at radius 2 is 2.10 bits per heavy atom. The van der Waals surface area contributed by atoms with Crippen LogP contribution in [-0.2, 0) is 11.2 Å². The molecule has 1 fully saturated rings. The van der Waals surface area contributed by atoms with E-state index in [2.05, 4.69) is 24.2 Å². The largest absolute Gasteiger partial charge is 0.478 e. The van der Waals surface area contributed by atoms with Crippen molar-refractivity contribution >= 4 is 11.9 Å². The molecule has 0 bridgehead atoms. The summed E-state index contributed by atoms with van der Waals surface area (Å²) in [6, 6.07) is 7.29. The molecule has 1 saturated heterocycles. The van der Waals surface area contributed by atoms with Gasteiger partial charge in [0.15, 0.2) is 0 Å². The Kier molecular flexibility index (Phi) is 4.96. The number of nitrogens with one attached hydrogen (secondary N) is 1. The molecule has 21 heavy (non-hydrogen) atoms. The topological polar surface area (TPSA) is 69.6 Å². The molecule has 2 unspecified atom stereocenters. The van der Waals surface area contributed by atoms with Crippen LogP contribution in [0.4, 0.5) is 0 Å². The van der Waals surface area contributed by atoms with Crippen LogP contribution in [0.15, 0.2) is 24.3 Å². The van der Waals surface area contributed by atoms with E-state index in [9.17, 15) is 9.59 Å². The Labute approximate surface area is 125 Å². The summed E-state index contributed by atoms with van der Waals surface area (Å²) in [5.74, 6) is -1.10. The third-order valence-corrected chi connectivity index (χ3v) is 4.17. The van der Waals surface area contributed by atoms with Gasteiger partial charge in [-0.15, -0.1) is 0 Å². The highest BCUT2D eigenvalue weighted by molar-refractivity contribution is 5.91.